The number of ether oxygens (including phenoxy) is 1. The number of hydrogen-bond acceptors (Lipinski definition) is 5. The van der Waals surface area contributed by atoms with Crippen LogP contribution in [0.3, 0.4) is 0 Å². The first-order valence-corrected chi connectivity index (χ1v) is 12.6. The first-order valence-electron chi connectivity index (χ1n) is 10.8. The normalized spacial score (nSPS) is 12.8. The minimum absolute atomic E-state index is 0.378. The fraction of sp³-hybridized carbons (Fsp3) is 0.857. The van der Waals surface area contributed by atoms with Gasteiger partial charge in [-0.05, 0) is 40.5 Å². The molecule has 1 unspecified atom stereocenters. The Morgan fingerprint density at radius 1 is 0.815 bits per heavy atom. The monoisotopic (exact) mass is 402 g/mol. The molecule has 6 heteroatoms. The zero-order valence-electron chi connectivity index (χ0n) is 18.3. The molecular weight excluding hydrogens is 360 g/mol. The Morgan fingerprint density at radius 3 is 1.67 bits per heavy atom. The number of unbranched alkanes of at least 4 members (excludes halogenated alkanes) is 7. The quantitative estimate of drug-likeness (QED) is 0.129. The number of carbonyl (C=O) groups is 1. The van der Waals surface area contributed by atoms with Crippen LogP contribution < -0.4 is 0 Å². The van der Waals surface area contributed by atoms with Crippen LogP contribution in [0.5, 0.6) is 0 Å². The molecule has 0 bridgehead atoms. The van der Waals surface area contributed by atoms with Crippen molar-refractivity contribution >= 4 is 14.8 Å². The smallest absolute Gasteiger partial charge is 0.454 e. The van der Waals surface area contributed by atoms with Gasteiger partial charge in [0.25, 0.3) is 0 Å². The Morgan fingerprint density at radius 2 is 1.26 bits per heavy atom. The minimum Gasteiger partial charge on any atom is -0.454 e. The maximum Gasteiger partial charge on any atom is 0.544 e. The Balaban J connectivity index is 4.86. The molecular formula is C21H42O5Si. The predicted molar refractivity (Wildman–Crippen MR) is 113 cm³/mol. The van der Waals surface area contributed by atoms with Gasteiger partial charge < -0.3 is 18.0 Å². The second-order valence-electron chi connectivity index (χ2n) is 6.84. The van der Waals surface area contributed by atoms with Gasteiger partial charge in [0.05, 0.1) is 0 Å². The van der Waals surface area contributed by atoms with Gasteiger partial charge in [0.1, 0.15) is 0 Å². The van der Waals surface area contributed by atoms with Crippen molar-refractivity contribution < 1.29 is 22.8 Å². The van der Waals surface area contributed by atoms with E-state index in [1.54, 1.807) is 6.92 Å². The maximum atomic E-state index is 12.2. The SMILES string of the molecule is C=C(C)C(=O)OC(CCCCCCCCCC)[Si](OCC)(OCC)OCC. The van der Waals surface area contributed by atoms with E-state index >= 15 is 0 Å². The largest absolute Gasteiger partial charge is 0.544 e. The highest BCUT2D eigenvalue weighted by Gasteiger charge is 2.51. The zero-order valence-corrected chi connectivity index (χ0v) is 19.3. The second-order valence-corrected chi connectivity index (χ2v) is 9.56. The van der Waals surface area contributed by atoms with E-state index < -0.39 is 20.5 Å². The van der Waals surface area contributed by atoms with Crippen LogP contribution in [-0.2, 0) is 22.8 Å². The first kappa shape index (κ1) is 26.3. The van der Waals surface area contributed by atoms with E-state index in [9.17, 15) is 4.79 Å². The number of hydrogen-bond donors (Lipinski definition) is 0. The van der Waals surface area contributed by atoms with Gasteiger partial charge in [0.2, 0.25) is 0 Å². The lowest BCUT2D eigenvalue weighted by Gasteiger charge is -2.34. The third-order valence-electron chi connectivity index (χ3n) is 4.35. The maximum absolute atomic E-state index is 12.2. The second kappa shape index (κ2) is 16.3. The minimum atomic E-state index is -3.10. The molecule has 0 aliphatic carbocycles. The molecule has 0 saturated carbocycles. The molecule has 27 heavy (non-hydrogen) atoms. The average molecular weight is 403 g/mol. The van der Waals surface area contributed by atoms with Crippen molar-refractivity contribution in [2.75, 3.05) is 19.8 Å². The van der Waals surface area contributed by atoms with Crippen LogP contribution in [0.1, 0.15) is 92.4 Å². The van der Waals surface area contributed by atoms with Crippen LogP contribution in [0.15, 0.2) is 12.2 Å². The van der Waals surface area contributed by atoms with Gasteiger partial charge in [-0.2, -0.15) is 0 Å². The van der Waals surface area contributed by atoms with Crippen LogP contribution in [0.2, 0.25) is 0 Å². The van der Waals surface area contributed by atoms with Gasteiger partial charge in [-0.3, -0.25) is 0 Å². The highest BCUT2D eigenvalue weighted by molar-refractivity contribution is 6.62. The summed E-state index contributed by atoms with van der Waals surface area (Å²) in [5, 5.41) is 0. The van der Waals surface area contributed by atoms with Gasteiger partial charge in [-0.15, -0.1) is 0 Å². The molecule has 0 N–H and O–H groups in total. The third-order valence-corrected chi connectivity index (χ3v) is 7.62. The van der Waals surface area contributed by atoms with Gasteiger partial charge in [-0.1, -0.05) is 58.4 Å². The Hall–Kier alpha value is -0.693. The summed E-state index contributed by atoms with van der Waals surface area (Å²) in [5.74, 6) is -0.407. The van der Waals surface area contributed by atoms with E-state index in [0.717, 1.165) is 12.8 Å². The summed E-state index contributed by atoms with van der Waals surface area (Å²) in [6.07, 6.45) is 10.5. The van der Waals surface area contributed by atoms with E-state index in [1.807, 2.05) is 20.8 Å². The Bertz CT molecular complexity index is 383. The molecule has 5 nitrogen and oxygen atoms in total. The van der Waals surface area contributed by atoms with Gasteiger partial charge in [0, 0.05) is 25.4 Å². The van der Waals surface area contributed by atoms with Crippen LogP contribution in [0, 0.1) is 0 Å². The Labute approximate surface area is 168 Å². The molecule has 0 fully saturated rings. The molecule has 0 spiro atoms. The summed E-state index contributed by atoms with van der Waals surface area (Å²) < 4.78 is 23.6. The molecule has 0 saturated heterocycles. The summed E-state index contributed by atoms with van der Waals surface area (Å²) in [4.78, 5) is 12.2. The van der Waals surface area contributed by atoms with Gasteiger partial charge >= 0.3 is 14.8 Å². The van der Waals surface area contributed by atoms with Crippen LogP contribution in [0.25, 0.3) is 0 Å². The number of rotatable bonds is 18. The lowest BCUT2D eigenvalue weighted by molar-refractivity contribution is -0.144. The van der Waals surface area contributed by atoms with Crippen molar-refractivity contribution in [2.24, 2.45) is 0 Å². The summed E-state index contributed by atoms with van der Waals surface area (Å²) in [6.45, 7) is 14.7. The summed E-state index contributed by atoms with van der Waals surface area (Å²) in [6, 6.07) is 0. The van der Waals surface area contributed by atoms with E-state index in [2.05, 4.69) is 13.5 Å². The van der Waals surface area contributed by atoms with Crippen molar-refractivity contribution in [3.05, 3.63) is 12.2 Å². The summed E-state index contributed by atoms with van der Waals surface area (Å²) in [7, 11) is -3.10. The highest BCUT2D eigenvalue weighted by atomic mass is 28.4. The van der Waals surface area contributed by atoms with Crippen LogP contribution in [-0.4, -0.2) is 40.3 Å². The van der Waals surface area contributed by atoms with E-state index in [1.165, 1.54) is 38.5 Å². The molecule has 0 aliphatic rings. The van der Waals surface area contributed by atoms with E-state index in [0.29, 0.717) is 31.8 Å². The standard InChI is InChI=1S/C21H42O5Si/c1-7-11-12-13-14-15-16-17-18-20(26-21(22)19(5)6)27(23-8-2,24-9-3)25-10-4/h20H,5,7-18H2,1-4,6H3. The Kier molecular flexibility index (Phi) is 15.9. The first-order chi connectivity index (χ1) is 13.0. The van der Waals surface area contributed by atoms with Gasteiger partial charge in [0.15, 0.2) is 5.73 Å². The van der Waals surface area contributed by atoms with E-state index in [4.69, 9.17) is 18.0 Å². The van der Waals surface area contributed by atoms with Crippen molar-refractivity contribution in [3.8, 4) is 0 Å². The topological polar surface area (TPSA) is 54.0 Å². The molecule has 1 atom stereocenters. The van der Waals surface area contributed by atoms with Crippen molar-refractivity contribution in [2.45, 2.75) is 98.1 Å². The average Bonchev–Trinajstić information content (AvgIpc) is 2.63. The molecule has 0 aromatic rings. The molecule has 0 aromatic carbocycles. The number of carbonyl (C=O) groups excluding carboxylic acids is 1. The lowest BCUT2D eigenvalue weighted by Crippen LogP contribution is -2.58. The molecule has 0 radical (unpaired) electrons. The van der Waals surface area contributed by atoms with Crippen LogP contribution in [0.4, 0.5) is 0 Å². The fourth-order valence-electron chi connectivity index (χ4n) is 3.01. The molecule has 0 rings (SSSR count). The third kappa shape index (κ3) is 11.0. The van der Waals surface area contributed by atoms with Crippen molar-refractivity contribution in [1.82, 2.24) is 0 Å². The predicted octanol–water partition coefficient (Wildman–Crippen LogP) is 5.59. The summed E-state index contributed by atoms with van der Waals surface area (Å²) >= 11 is 0. The number of esters is 1. The van der Waals surface area contributed by atoms with Crippen LogP contribution >= 0.6 is 0 Å². The summed E-state index contributed by atoms with van der Waals surface area (Å²) in [5.41, 5.74) is -0.107. The highest BCUT2D eigenvalue weighted by Crippen LogP contribution is 2.24. The molecule has 0 aliphatic heterocycles. The van der Waals surface area contributed by atoms with E-state index in [-0.39, 0.29) is 0 Å². The lowest BCUT2D eigenvalue weighted by atomic mass is 10.1. The van der Waals surface area contributed by atoms with Crippen molar-refractivity contribution in [3.63, 3.8) is 0 Å². The van der Waals surface area contributed by atoms with Gasteiger partial charge in [-0.25, -0.2) is 4.79 Å². The van der Waals surface area contributed by atoms with Crippen molar-refractivity contribution in [1.29, 1.82) is 0 Å². The fourth-order valence-corrected chi connectivity index (χ4v) is 5.83. The molecule has 160 valence electrons. The molecule has 0 heterocycles. The molecule has 0 aromatic heterocycles. The molecule has 0 amide bonds. The zero-order chi connectivity index (χ0) is 20.5.